The van der Waals surface area contributed by atoms with E-state index in [-0.39, 0.29) is 30.8 Å². The third kappa shape index (κ3) is 6.34. The highest BCUT2D eigenvalue weighted by molar-refractivity contribution is 5.87. The van der Waals surface area contributed by atoms with Gasteiger partial charge in [0.1, 0.15) is 12.6 Å². The van der Waals surface area contributed by atoms with E-state index in [9.17, 15) is 9.59 Å². The van der Waals surface area contributed by atoms with E-state index in [2.05, 4.69) is 29.3 Å². The lowest BCUT2D eigenvalue weighted by atomic mass is 10.1. The van der Waals surface area contributed by atoms with Gasteiger partial charge in [0, 0.05) is 20.2 Å². The van der Waals surface area contributed by atoms with E-state index in [1.165, 1.54) is 17.0 Å². The molecule has 9 nitrogen and oxygen atoms in total. The molecule has 0 saturated heterocycles. The van der Waals surface area contributed by atoms with Crippen molar-refractivity contribution < 1.29 is 24.0 Å². The molecular weight excluding hydrogens is 364 g/mol. The predicted octanol–water partition coefficient (Wildman–Crippen LogP) is 2.84. The van der Waals surface area contributed by atoms with Crippen molar-refractivity contribution in [2.45, 2.75) is 40.0 Å². The number of amides is 2. The standard InChI is InChI=1S/C19H26N4O5/c1-12(2)11-27-13(3)17-21-16(28-22-17)10-23(4)19(26)20-9-14-5-7-15(8-6-14)18(24)25/h5-8,12-13H,9-11H2,1-4H3,(H,20,26)(H,24,25). The van der Waals surface area contributed by atoms with Crippen LogP contribution in [0.2, 0.25) is 0 Å². The number of ether oxygens (including phenoxy) is 1. The smallest absolute Gasteiger partial charge is 0.335 e. The summed E-state index contributed by atoms with van der Waals surface area (Å²) in [5.41, 5.74) is 0.994. The SMILES string of the molecule is CC(C)COC(C)c1noc(CN(C)C(=O)NCc2ccc(C(=O)O)cc2)n1. The van der Waals surface area contributed by atoms with Gasteiger partial charge in [0.25, 0.3) is 0 Å². The van der Waals surface area contributed by atoms with Crippen molar-refractivity contribution in [1.82, 2.24) is 20.4 Å². The Morgan fingerprint density at radius 1 is 1.25 bits per heavy atom. The lowest BCUT2D eigenvalue weighted by molar-refractivity contribution is 0.0402. The minimum atomic E-state index is -0.988. The molecule has 1 heterocycles. The van der Waals surface area contributed by atoms with Crippen LogP contribution in [0.1, 0.15) is 54.5 Å². The monoisotopic (exact) mass is 390 g/mol. The van der Waals surface area contributed by atoms with E-state index in [1.54, 1.807) is 19.2 Å². The van der Waals surface area contributed by atoms with Crippen molar-refractivity contribution in [2.24, 2.45) is 5.92 Å². The van der Waals surface area contributed by atoms with Gasteiger partial charge in [-0.2, -0.15) is 4.98 Å². The van der Waals surface area contributed by atoms with Gasteiger partial charge in [-0.05, 0) is 30.5 Å². The van der Waals surface area contributed by atoms with Gasteiger partial charge < -0.3 is 24.6 Å². The molecule has 2 rings (SSSR count). The fraction of sp³-hybridized carbons (Fsp3) is 0.474. The van der Waals surface area contributed by atoms with Crippen molar-refractivity contribution in [2.75, 3.05) is 13.7 Å². The zero-order valence-electron chi connectivity index (χ0n) is 16.5. The lowest BCUT2D eigenvalue weighted by Crippen LogP contribution is -2.36. The highest BCUT2D eigenvalue weighted by atomic mass is 16.5. The van der Waals surface area contributed by atoms with Crippen LogP contribution in [0.25, 0.3) is 0 Å². The van der Waals surface area contributed by atoms with Crippen molar-refractivity contribution in [1.29, 1.82) is 0 Å². The second-order valence-electron chi connectivity index (χ2n) is 6.93. The molecule has 0 fully saturated rings. The number of nitrogens with one attached hydrogen (secondary N) is 1. The zero-order valence-corrected chi connectivity index (χ0v) is 16.5. The van der Waals surface area contributed by atoms with Gasteiger partial charge in [-0.1, -0.05) is 31.1 Å². The first-order valence-corrected chi connectivity index (χ1v) is 9.01. The van der Waals surface area contributed by atoms with Crippen molar-refractivity contribution in [3.8, 4) is 0 Å². The second kappa shape index (κ2) is 9.84. The Balaban J connectivity index is 1.82. The summed E-state index contributed by atoms with van der Waals surface area (Å²) < 4.78 is 10.8. The van der Waals surface area contributed by atoms with E-state index in [0.717, 1.165) is 5.56 Å². The minimum absolute atomic E-state index is 0.160. The maximum Gasteiger partial charge on any atom is 0.335 e. The Morgan fingerprint density at radius 2 is 1.93 bits per heavy atom. The molecule has 2 aromatic rings. The maximum absolute atomic E-state index is 12.2. The number of aromatic nitrogens is 2. The maximum atomic E-state index is 12.2. The number of benzene rings is 1. The van der Waals surface area contributed by atoms with Crippen LogP contribution in [0.15, 0.2) is 28.8 Å². The Morgan fingerprint density at radius 3 is 2.54 bits per heavy atom. The van der Waals surface area contributed by atoms with Gasteiger partial charge >= 0.3 is 12.0 Å². The van der Waals surface area contributed by atoms with Crippen LogP contribution >= 0.6 is 0 Å². The van der Waals surface area contributed by atoms with Gasteiger partial charge in [0.2, 0.25) is 5.89 Å². The molecular formula is C19H26N4O5. The number of carbonyl (C=O) groups is 2. The summed E-state index contributed by atoms with van der Waals surface area (Å²) in [5, 5.41) is 15.6. The second-order valence-corrected chi connectivity index (χ2v) is 6.93. The molecule has 0 aliphatic carbocycles. The van der Waals surface area contributed by atoms with Crippen LogP contribution < -0.4 is 5.32 Å². The fourth-order valence-corrected chi connectivity index (χ4v) is 2.26. The molecule has 2 amide bonds. The topological polar surface area (TPSA) is 118 Å². The van der Waals surface area contributed by atoms with Crippen molar-refractivity contribution in [3.05, 3.63) is 47.1 Å². The molecule has 0 bridgehead atoms. The molecule has 28 heavy (non-hydrogen) atoms. The first kappa shape index (κ1) is 21.4. The summed E-state index contributed by atoms with van der Waals surface area (Å²) in [5.74, 6) is 0.184. The molecule has 0 radical (unpaired) electrons. The van der Waals surface area contributed by atoms with Gasteiger partial charge in [0.15, 0.2) is 5.82 Å². The van der Waals surface area contributed by atoms with Gasteiger partial charge in [-0.3, -0.25) is 0 Å². The number of carboxylic acid groups (broad SMARTS) is 1. The fourth-order valence-electron chi connectivity index (χ4n) is 2.26. The van der Waals surface area contributed by atoms with E-state index >= 15 is 0 Å². The van der Waals surface area contributed by atoms with Crippen LogP contribution in [0.4, 0.5) is 4.79 Å². The molecule has 1 unspecified atom stereocenters. The number of nitrogens with zero attached hydrogens (tertiary/aromatic N) is 3. The molecule has 2 N–H and O–H groups in total. The van der Waals surface area contributed by atoms with Crippen LogP contribution in [0.5, 0.6) is 0 Å². The molecule has 152 valence electrons. The van der Waals surface area contributed by atoms with E-state index < -0.39 is 5.97 Å². The quantitative estimate of drug-likeness (QED) is 0.676. The first-order valence-electron chi connectivity index (χ1n) is 9.01. The van der Waals surface area contributed by atoms with Gasteiger partial charge in [-0.25, -0.2) is 9.59 Å². The summed E-state index contributed by atoms with van der Waals surface area (Å²) in [7, 11) is 1.62. The Kier molecular flexibility index (Phi) is 7.51. The van der Waals surface area contributed by atoms with Crippen LogP contribution in [-0.4, -0.2) is 45.8 Å². The molecule has 0 saturated carbocycles. The highest BCUT2D eigenvalue weighted by Crippen LogP contribution is 2.15. The molecule has 0 spiro atoms. The van der Waals surface area contributed by atoms with E-state index in [1.807, 2.05) is 6.92 Å². The predicted molar refractivity (Wildman–Crippen MR) is 101 cm³/mol. The number of carbonyl (C=O) groups excluding carboxylic acids is 1. The normalized spacial score (nSPS) is 12.0. The molecule has 0 aliphatic heterocycles. The van der Waals surface area contributed by atoms with Crippen LogP contribution in [0, 0.1) is 5.92 Å². The zero-order chi connectivity index (χ0) is 20.7. The highest BCUT2D eigenvalue weighted by Gasteiger charge is 2.17. The third-order valence-electron chi connectivity index (χ3n) is 3.89. The average Bonchev–Trinajstić information content (AvgIpc) is 3.12. The average molecular weight is 390 g/mol. The van der Waals surface area contributed by atoms with Crippen LogP contribution in [-0.2, 0) is 17.8 Å². The minimum Gasteiger partial charge on any atom is -0.478 e. The summed E-state index contributed by atoms with van der Waals surface area (Å²) >= 11 is 0. The Hall–Kier alpha value is -2.94. The molecule has 0 aliphatic rings. The number of aromatic carboxylic acids is 1. The first-order chi connectivity index (χ1) is 13.3. The number of hydrogen-bond acceptors (Lipinski definition) is 6. The van der Waals surface area contributed by atoms with Gasteiger partial charge in [-0.15, -0.1) is 0 Å². The molecule has 1 atom stereocenters. The summed E-state index contributed by atoms with van der Waals surface area (Å²) in [6.07, 6.45) is -0.284. The van der Waals surface area contributed by atoms with Crippen molar-refractivity contribution in [3.63, 3.8) is 0 Å². The Bertz CT molecular complexity index is 788. The number of carboxylic acids is 1. The summed E-state index contributed by atoms with van der Waals surface area (Å²) in [4.78, 5) is 28.8. The lowest BCUT2D eigenvalue weighted by Gasteiger charge is -2.16. The Labute approximate surface area is 163 Å². The molecule has 1 aromatic carbocycles. The number of urea groups is 1. The third-order valence-corrected chi connectivity index (χ3v) is 3.89. The summed E-state index contributed by atoms with van der Waals surface area (Å²) in [6.45, 7) is 7.00. The number of rotatable bonds is 9. The van der Waals surface area contributed by atoms with Crippen LogP contribution in [0.3, 0.4) is 0 Å². The van der Waals surface area contributed by atoms with Crippen molar-refractivity contribution >= 4 is 12.0 Å². The van der Waals surface area contributed by atoms with E-state index in [4.69, 9.17) is 14.4 Å². The largest absolute Gasteiger partial charge is 0.478 e. The summed E-state index contributed by atoms with van der Waals surface area (Å²) in [6, 6.07) is 6.00. The molecule has 9 heteroatoms. The van der Waals surface area contributed by atoms with Gasteiger partial charge in [0.05, 0.1) is 5.56 Å². The number of hydrogen-bond donors (Lipinski definition) is 2. The van der Waals surface area contributed by atoms with E-state index in [0.29, 0.717) is 24.2 Å². The molecule has 1 aromatic heterocycles.